The third kappa shape index (κ3) is 24.2. The van der Waals surface area contributed by atoms with Crippen LogP contribution in [0.4, 0.5) is 0 Å². The van der Waals surface area contributed by atoms with Crippen molar-refractivity contribution in [2.24, 2.45) is 21.7 Å². The van der Waals surface area contributed by atoms with Crippen LogP contribution in [0.3, 0.4) is 0 Å². The Hall–Kier alpha value is -4.26. The summed E-state index contributed by atoms with van der Waals surface area (Å²) in [4.78, 5) is 79.0. The number of hydrogen-bond acceptors (Lipinski definition) is 16. The monoisotopic (exact) mass is 949 g/mol. The Morgan fingerprint density at radius 3 is 1.35 bits per heavy atom. The lowest BCUT2D eigenvalue weighted by Crippen LogP contribution is -2.47. The smallest absolute Gasteiger partial charge is 0.338 e. The van der Waals surface area contributed by atoms with Crippen molar-refractivity contribution < 1.29 is 81.7 Å². The topological polar surface area (TPSA) is 234 Å². The Morgan fingerprint density at radius 1 is 0.662 bits per heavy atom. The summed E-state index contributed by atoms with van der Waals surface area (Å²) in [5.41, 5.74) is -2.93. The van der Waals surface area contributed by atoms with E-state index in [4.69, 9.17) is 33.9 Å². The van der Waals surface area contributed by atoms with Gasteiger partial charge in [0.15, 0.2) is 0 Å². The number of carboxylic acid groups (broad SMARTS) is 2. The van der Waals surface area contributed by atoms with Crippen LogP contribution in [-0.2, 0) is 52.3 Å². The molecule has 0 bridgehead atoms. The van der Waals surface area contributed by atoms with E-state index in [0.717, 1.165) is 77.8 Å². The number of rotatable bonds is 21. The van der Waals surface area contributed by atoms with Crippen LogP contribution < -0.4 is 0 Å². The molecule has 0 spiro atoms. The molecule has 1 unspecified atom stereocenters. The summed E-state index contributed by atoms with van der Waals surface area (Å²) >= 11 is 1.77. The molecular weight excluding hydrogens is 869 g/mol. The van der Waals surface area contributed by atoms with E-state index in [9.17, 15) is 33.6 Å². The number of carbonyl (C=O) groups is 7. The highest BCUT2D eigenvalue weighted by molar-refractivity contribution is 7.98. The van der Waals surface area contributed by atoms with Gasteiger partial charge in [-0.2, -0.15) is 11.8 Å². The van der Waals surface area contributed by atoms with E-state index in [-0.39, 0.29) is 45.7 Å². The standard InChI is InChI=1S/C12H10O8.C12H22O3.C10H20O2.C7H14O2.C6H14O2S/c1-19-11(17)7-4-8(12(18)20-2)6(10(15)16)3-5(7)9(13)14;1-5-11(3,4)10(13)15-9-12(6-2)7-14-8-12;1-5-7-8-12-9(11)10(3,4)6-2;1-5-7(2,3)6(8)9-4;1-7-4-6(8-2)5-9-3/h3-4H,1-2H3,(H,13,14)(H,15,16);5-9H2,1-4H3;5-8H2,1-4H3;5H2,1-4H3;6H,4-5H2,1-3H3. The van der Waals surface area contributed by atoms with Gasteiger partial charge >= 0.3 is 41.8 Å². The summed E-state index contributed by atoms with van der Waals surface area (Å²) in [6, 6.07) is 1.54. The number of thioether (sulfide) groups is 1. The molecule has 17 nitrogen and oxygen atoms in total. The van der Waals surface area contributed by atoms with Gasteiger partial charge in [0.05, 0.1) is 97.8 Å². The average Bonchev–Trinajstić information content (AvgIpc) is 3.27. The van der Waals surface area contributed by atoms with Crippen LogP contribution in [0, 0.1) is 21.7 Å². The van der Waals surface area contributed by atoms with Crippen molar-refractivity contribution in [2.45, 2.75) is 121 Å². The Balaban J connectivity index is -0.000000767. The molecular formula is C47H80O17S. The molecule has 1 fully saturated rings. The largest absolute Gasteiger partial charge is 0.478 e. The third-order valence-electron chi connectivity index (χ3n) is 10.8. The maximum atomic E-state index is 11.7. The molecule has 65 heavy (non-hydrogen) atoms. The number of carboxylic acids is 2. The number of hydrogen-bond donors (Lipinski definition) is 2. The van der Waals surface area contributed by atoms with Crippen LogP contribution in [0.5, 0.6) is 0 Å². The van der Waals surface area contributed by atoms with Crippen molar-refractivity contribution in [1.29, 1.82) is 0 Å². The van der Waals surface area contributed by atoms with Crippen molar-refractivity contribution in [1.82, 2.24) is 0 Å². The molecule has 0 saturated carbocycles. The molecule has 376 valence electrons. The molecule has 1 aliphatic heterocycles. The minimum Gasteiger partial charge on any atom is -0.478 e. The summed E-state index contributed by atoms with van der Waals surface area (Å²) in [5.74, 6) is -4.36. The molecule has 2 N–H and O–H groups in total. The summed E-state index contributed by atoms with van der Waals surface area (Å²) in [6.45, 7) is 24.8. The second-order valence-corrected chi connectivity index (χ2v) is 17.8. The van der Waals surface area contributed by atoms with Crippen molar-refractivity contribution in [3.05, 3.63) is 34.4 Å². The van der Waals surface area contributed by atoms with Crippen LogP contribution in [0.25, 0.3) is 0 Å². The molecule has 2 rings (SSSR count). The average molecular weight is 949 g/mol. The van der Waals surface area contributed by atoms with Gasteiger partial charge in [0.1, 0.15) is 6.61 Å². The molecule has 0 aromatic heterocycles. The lowest BCUT2D eigenvalue weighted by molar-refractivity contribution is -0.178. The first-order valence-corrected chi connectivity index (χ1v) is 22.9. The van der Waals surface area contributed by atoms with Gasteiger partial charge in [0.2, 0.25) is 0 Å². The maximum absolute atomic E-state index is 11.7. The fourth-order valence-electron chi connectivity index (χ4n) is 4.48. The van der Waals surface area contributed by atoms with Crippen molar-refractivity contribution in [2.75, 3.05) is 80.6 Å². The molecule has 1 atom stereocenters. The quantitative estimate of drug-likeness (QED) is 0.0668. The number of methoxy groups -OCH3 is 5. The van der Waals surface area contributed by atoms with Crippen molar-refractivity contribution in [3.8, 4) is 0 Å². The first-order chi connectivity index (χ1) is 30.2. The molecule has 0 aliphatic carbocycles. The minimum absolute atomic E-state index is 0.0709. The lowest BCUT2D eigenvalue weighted by atomic mass is 9.84. The second kappa shape index (κ2) is 33.2. The fourth-order valence-corrected chi connectivity index (χ4v) is 5.08. The van der Waals surface area contributed by atoms with Crippen LogP contribution in [0.2, 0.25) is 0 Å². The van der Waals surface area contributed by atoms with Gasteiger partial charge in [0, 0.05) is 20.0 Å². The van der Waals surface area contributed by atoms with Gasteiger partial charge in [-0.1, -0.05) is 41.0 Å². The van der Waals surface area contributed by atoms with E-state index in [1.807, 2.05) is 62.3 Å². The molecule has 18 heteroatoms. The summed E-state index contributed by atoms with van der Waals surface area (Å²) in [7, 11) is 6.86. The van der Waals surface area contributed by atoms with Gasteiger partial charge in [-0.3, -0.25) is 14.4 Å². The zero-order valence-electron chi connectivity index (χ0n) is 42.1. The first kappa shape index (κ1) is 65.0. The molecule has 1 aromatic rings. The highest BCUT2D eigenvalue weighted by Gasteiger charge is 2.39. The van der Waals surface area contributed by atoms with E-state index >= 15 is 0 Å². The molecule has 1 aromatic carbocycles. The summed E-state index contributed by atoms with van der Waals surface area (Å²) < 4.78 is 39.0. The Bertz CT molecular complexity index is 1550. The van der Waals surface area contributed by atoms with E-state index < -0.39 is 46.1 Å². The highest BCUT2D eigenvalue weighted by atomic mass is 32.2. The number of esters is 5. The minimum atomic E-state index is -1.52. The zero-order chi connectivity index (χ0) is 51.2. The Kier molecular flexibility index (Phi) is 33.3. The normalized spacial score (nSPS) is 13.0. The van der Waals surface area contributed by atoms with Crippen molar-refractivity contribution >= 4 is 53.5 Å². The van der Waals surface area contributed by atoms with E-state index in [1.165, 1.54) is 7.11 Å². The lowest BCUT2D eigenvalue weighted by Gasteiger charge is -2.40. The number of unbranched alkanes of at least 4 members (excludes halogenated alkanes) is 1. The van der Waals surface area contributed by atoms with Gasteiger partial charge in [-0.05, 0) is 92.0 Å². The SMILES string of the molecule is CCC(C)(C)C(=O)OC.CCC1(COC(=O)C(C)(C)CC)COC1.CCCCOC(=O)C(C)(C)CC.COC(=O)c1cc(C(=O)OC)c(C(=O)O)cc1C(=O)O.COCC(CSC)OC. The van der Waals surface area contributed by atoms with Crippen LogP contribution >= 0.6 is 11.8 Å². The summed E-state index contributed by atoms with van der Waals surface area (Å²) in [5, 5.41) is 18.0. The van der Waals surface area contributed by atoms with Gasteiger partial charge < -0.3 is 48.1 Å². The van der Waals surface area contributed by atoms with Gasteiger partial charge in [-0.15, -0.1) is 0 Å². The van der Waals surface area contributed by atoms with Gasteiger partial charge in [-0.25, -0.2) is 19.2 Å². The van der Waals surface area contributed by atoms with Crippen molar-refractivity contribution in [3.63, 3.8) is 0 Å². The van der Waals surface area contributed by atoms with Gasteiger partial charge in [0.25, 0.3) is 0 Å². The van der Waals surface area contributed by atoms with E-state index in [1.54, 1.807) is 26.0 Å². The fraction of sp³-hybridized carbons (Fsp3) is 0.723. The van der Waals surface area contributed by atoms with E-state index in [2.05, 4.69) is 34.3 Å². The Labute approximate surface area is 391 Å². The predicted molar refractivity (Wildman–Crippen MR) is 249 cm³/mol. The molecule has 0 amide bonds. The molecule has 0 radical (unpaired) electrons. The highest BCUT2D eigenvalue weighted by Crippen LogP contribution is 2.33. The molecule has 1 aliphatic rings. The summed E-state index contributed by atoms with van der Waals surface area (Å²) in [6.07, 6.45) is 7.81. The third-order valence-corrected chi connectivity index (χ3v) is 11.5. The maximum Gasteiger partial charge on any atom is 0.338 e. The number of benzene rings is 1. The Morgan fingerprint density at radius 2 is 1.08 bits per heavy atom. The number of aromatic carboxylic acids is 2. The number of carbonyl (C=O) groups excluding carboxylic acids is 5. The zero-order valence-corrected chi connectivity index (χ0v) is 43.0. The number of ether oxygens (including phenoxy) is 8. The molecule has 1 saturated heterocycles. The van der Waals surface area contributed by atoms with Crippen LogP contribution in [0.15, 0.2) is 12.1 Å². The van der Waals surface area contributed by atoms with E-state index in [0.29, 0.717) is 25.9 Å². The van der Waals surface area contributed by atoms with Crippen LogP contribution in [0.1, 0.15) is 156 Å². The predicted octanol–water partition coefficient (Wildman–Crippen LogP) is 8.42. The first-order valence-electron chi connectivity index (χ1n) is 21.5. The molecule has 1 heterocycles. The van der Waals surface area contributed by atoms with Crippen LogP contribution in [-0.4, -0.2) is 139 Å². The second-order valence-electron chi connectivity index (χ2n) is 16.9.